The van der Waals surface area contributed by atoms with Crippen molar-refractivity contribution in [2.24, 2.45) is 0 Å². The maximum absolute atomic E-state index is 5.67. The van der Waals surface area contributed by atoms with E-state index < -0.39 is 0 Å². The van der Waals surface area contributed by atoms with Crippen LogP contribution in [0.2, 0.25) is 10.0 Å². The summed E-state index contributed by atoms with van der Waals surface area (Å²) in [7, 11) is 0. The molecule has 1 aromatic carbocycles. The number of benzene rings is 1. The Balaban J connectivity index is 0.000001000. The third-order valence-electron chi connectivity index (χ3n) is 1.05. The lowest BCUT2D eigenvalue weighted by Gasteiger charge is -1.97. The summed E-state index contributed by atoms with van der Waals surface area (Å²) in [5.41, 5.74) is 0. The molecule has 3 N–H and O–H groups in total. The molecule has 1 aromatic rings. The minimum Gasteiger partial charge on any atom is -1.00 e. The maximum atomic E-state index is 5.67. The quantitative estimate of drug-likeness (QED) is 0.570. The molecule has 0 radical (unpaired) electrons. The molecule has 11 heavy (non-hydrogen) atoms. The van der Waals surface area contributed by atoms with Crippen molar-refractivity contribution in [1.82, 2.24) is 0 Å². The largest absolute Gasteiger partial charge is 1.00 e. The molecule has 0 heterocycles. The highest BCUT2D eigenvalue weighted by molar-refractivity contribution is 6.34. The molecule has 0 spiro atoms. The normalized spacial score (nSPS) is 8.64. The van der Waals surface area contributed by atoms with Crippen LogP contribution in [0.3, 0.4) is 0 Å². The minimum absolute atomic E-state index is 0. The molecule has 0 amide bonds. The number of quaternary nitrogens is 1. The van der Waals surface area contributed by atoms with Crippen molar-refractivity contribution in [2.75, 3.05) is 0 Å². The van der Waals surface area contributed by atoms with Gasteiger partial charge in [0.1, 0.15) is 0 Å². The Kier molecular flexibility index (Phi) is 4.61. The molecule has 0 fully saturated rings. The van der Waals surface area contributed by atoms with Gasteiger partial charge in [-0.25, -0.2) is 0 Å². The van der Waals surface area contributed by atoms with Gasteiger partial charge in [0.15, 0.2) is 0 Å². The predicted octanol–water partition coefficient (Wildman–Crippen LogP) is -1.47. The van der Waals surface area contributed by atoms with E-state index in [0.29, 0.717) is 15.8 Å². The molecule has 0 aliphatic carbocycles. The van der Waals surface area contributed by atoms with Gasteiger partial charge in [-0.1, -0.05) is 23.2 Å². The summed E-state index contributed by atoms with van der Waals surface area (Å²) >= 11 is 11.3. The SMILES string of the molecule is [Cl-].[NH3+]Oc1cc(Cl)ccc1Cl. The summed E-state index contributed by atoms with van der Waals surface area (Å²) in [6.07, 6.45) is 0. The van der Waals surface area contributed by atoms with E-state index in [1.165, 1.54) is 0 Å². The van der Waals surface area contributed by atoms with Crippen LogP contribution in [0.1, 0.15) is 0 Å². The van der Waals surface area contributed by atoms with Gasteiger partial charge in [-0.15, -0.1) is 0 Å². The average Bonchev–Trinajstić information content (AvgIpc) is 1.94. The van der Waals surface area contributed by atoms with Crippen molar-refractivity contribution in [1.29, 1.82) is 0 Å². The zero-order chi connectivity index (χ0) is 7.56. The first kappa shape index (κ1) is 10.8. The molecule has 0 atom stereocenters. The smallest absolute Gasteiger partial charge is 0.209 e. The lowest BCUT2D eigenvalue weighted by atomic mass is 10.3. The molecular formula is C6H6Cl3NO. The zero-order valence-electron chi connectivity index (χ0n) is 5.48. The van der Waals surface area contributed by atoms with Crippen LogP contribution in [0.5, 0.6) is 5.75 Å². The fourth-order valence-electron chi connectivity index (χ4n) is 0.588. The molecule has 62 valence electrons. The van der Waals surface area contributed by atoms with Crippen molar-refractivity contribution in [2.45, 2.75) is 0 Å². The van der Waals surface area contributed by atoms with Crippen molar-refractivity contribution in [3.05, 3.63) is 28.2 Å². The Morgan fingerprint density at radius 2 is 1.91 bits per heavy atom. The number of rotatable bonds is 1. The first-order chi connectivity index (χ1) is 4.74. The highest BCUT2D eigenvalue weighted by Gasteiger charge is 2.01. The van der Waals surface area contributed by atoms with Gasteiger partial charge in [0.2, 0.25) is 5.75 Å². The molecule has 1 rings (SSSR count). The Hall–Kier alpha value is -0.150. The van der Waals surface area contributed by atoms with E-state index >= 15 is 0 Å². The van der Waals surface area contributed by atoms with Crippen LogP contribution in [0, 0.1) is 0 Å². The van der Waals surface area contributed by atoms with E-state index in [1.807, 2.05) is 0 Å². The van der Waals surface area contributed by atoms with Gasteiger partial charge >= 0.3 is 0 Å². The van der Waals surface area contributed by atoms with Gasteiger partial charge in [0, 0.05) is 11.1 Å². The van der Waals surface area contributed by atoms with Crippen molar-refractivity contribution < 1.29 is 23.1 Å². The third kappa shape index (κ3) is 2.75. The van der Waals surface area contributed by atoms with E-state index in [4.69, 9.17) is 23.2 Å². The van der Waals surface area contributed by atoms with Crippen molar-refractivity contribution in [3.8, 4) is 5.75 Å². The average molecular weight is 214 g/mol. The van der Waals surface area contributed by atoms with Crippen LogP contribution in [0.25, 0.3) is 0 Å². The summed E-state index contributed by atoms with van der Waals surface area (Å²) in [6, 6.07) is 4.95. The first-order valence-electron chi connectivity index (χ1n) is 2.61. The van der Waals surface area contributed by atoms with Crippen LogP contribution in [-0.4, -0.2) is 0 Å². The fourth-order valence-corrected chi connectivity index (χ4v) is 0.922. The summed E-state index contributed by atoms with van der Waals surface area (Å²) < 4.78 is 0. The highest BCUT2D eigenvalue weighted by Crippen LogP contribution is 2.25. The van der Waals surface area contributed by atoms with Crippen LogP contribution < -0.4 is 23.1 Å². The predicted molar refractivity (Wildman–Crippen MR) is 40.0 cm³/mol. The second-order valence-corrected chi connectivity index (χ2v) is 2.56. The van der Waals surface area contributed by atoms with Crippen LogP contribution in [-0.2, 0) is 0 Å². The Morgan fingerprint density at radius 3 is 2.36 bits per heavy atom. The van der Waals surface area contributed by atoms with E-state index in [9.17, 15) is 0 Å². The second kappa shape index (κ2) is 4.67. The molecular weight excluding hydrogens is 208 g/mol. The molecule has 2 nitrogen and oxygen atoms in total. The van der Waals surface area contributed by atoms with Crippen LogP contribution in [0.4, 0.5) is 0 Å². The lowest BCUT2D eigenvalue weighted by Crippen LogP contribution is -3.00. The highest BCUT2D eigenvalue weighted by atomic mass is 35.5. The van der Waals surface area contributed by atoms with Gasteiger partial charge in [-0.2, -0.15) is 5.90 Å². The van der Waals surface area contributed by atoms with E-state index in [2.05, 4.69) is 10.7 Å². The monoisotopic (exact) mass is 213 g/mol. The molecule has 0 unspecified atom stereocenters. The second-order valence-electron chi connectivity index (χ2n) is 1.72. The Labute approximate surface area is 80.6 Å². The lowest BCUT2D eigenvalue weighted by molar-refractivity contribution is -0.635. The molecule has 0 aliphatic rings. The fraction of sp³-hybridized carbons (Fsp3) is 0. The Bertz CT molecular complexity index is 241. The first-order valence-corrected chi connectivity index (χ1v) is 3.36. The standard InChI is InChI=1S/C6H6Cl2NO.ClH/c7-4-1-2-5(8)6(3-4)10-9;/h1-3H,9H3;1H/q+1;/p-1. The van der Waals surface area contributed by atoms with Gasteiger partial charge in [0.05, 0.1) is 5.02 Å². The van der Waals surface area contributed by atoms with E-state index in [1.54, 1.807) is 18.2 Å². The van der Waals surface area contributed by atoms with Gasteiger partial charge in [-0.3, -0.25) is 0 Å². The summed E-state index contributed by atoms with van der Waals surface area (Å²) in [6.45, 7) is 0. The van der Waals surface area contributed by atoms with E-state index in [0.717, 1.165) is 0 Å². The zero-order valence-corrected chi connectivity index (χ0v) is 7.75. The summed E-state index contributed by atoms with van der Waals surface area (Å²) in [5, 5.41) is 1.10. The van der Waals surface area contributed by atoms with Crippen molar-refractivity contribution in [3.63, 3.8) is 0 Å². The topological polar surface area (TPSA) is 36.9 Å². The van der Waals surface area contributed by atoms with Gasteiger partial charge < -0.3 is 17.2 Å². The summed E-state index contributed by atoms with van der Waals surface area (Å²) in [5.74, 6) is 3.71. The molecule has 0 aromatic heterocycles. The number of hydrogen-bond donors (Lipinski definition) is 1. The van der Waals surface area contributed by atoms with E-state index in [-0.39, 0.29) is 12.4 Å². The van der Waals surface area contributed by atoms with Crippen molar-refractivity contribution >= 4 is 23.2 Å². The molecule has 0 saturated carbocycles. The molecule has 0 bridgehead atoms. The van der Waals surface area contributed by atoms with Crippen LogP contribution >= 0.6 is 23.2 Å². The minimum atomic E-state index is 0. The van der Waals surface area contributed by atoms with Gasteiger partial charge in [0.25, 0.3) is 0 Å². The third-order valence-corrected chi connectivity index (χ3v) is 1.60. The number of hydrogen-bond acceptors (Lipinski definition) is 1. The maximum Gasteiger partial charge on any atom is 0.209 e. The molecule has 5 heteroatoms. The molecule has 0 aliphatic heterocycles. The molecule has 0 saturated heterocycles. The Morgan fingerprint density at radius 1 is 1.27 bits per heavy atom. The summed E-state index contributed by atoms with van der Waals surface area (Å²) in [4.78, 5) is 4.66. The van der Waals surface area contributed by atoms with Gasteiger partial charge in [-0.05, 0) is 12.1 Å². The van der Waals surface area contributed by atoms with Crippen LogP contribution in [0.15, 0.2) is 18.2 Å². The number of halogens is 3.